The van der Waals surface area contributed by atoms with E-state index in [4.69, 9.17) is 4.74 Å². The van der Waals surface area contributed by atoms with Crippen molar-refractivity contribution in [2.75, 3.05) is 5.32 Å². The van der Waals surface area contributed by atoms with Crippen molar-refractivity contribution in [1.29, 1.82) is 0 Å². The van der Waals surface area contributed by atoms with Crippen molar-refractivity contribution in [3.63, 3.8) is 0 Å². The van der Waals surface area contributed by atoms with Crippen LogP contribution in [-0.4, -0.2) is 50.7 Å². The van der Waals surface area contributed by atoms with Gasteiger partial charge in [0.15, 0.2) is 22.8 Å². The third kappa shape index (κ3) is 1.91. The lowest BCUT2D eigenvalue weighted by Gasteiger charge is -2.38. The molecule has 6 rings (SSSR count). The van der Waals surface area contributed by atoms with Crippen molar-refractivity contribution in [2.24, 2.45) is 0 Å². The lowest BCUT2D eigenvalue weighted by atomic mass is 9.69. The normalized spacial score (nSPS) is 33.1. The van der Waals surface area contributed by atoms with Gasteiger partial charge in [0.05, 0.1) is 22.9 Å². The Morgan fingerprint density at radius 2 is 1.84 bits per heavy atom. The van der Waals surface area contributed by atoms with Crippen LogP contribution in [0.5, 0.6) is 5.75 Å². The number of anilines is 1. The van der Waals surface area contributed by atoms with Crippen molar-refractivity contribution >= 4 is 17.3 Å². The largest absolute Gasteiger partial charge is 0.507 e. The fourth-order valence-electron chi connectivity index (χ4n) is 5.39. The molecule has 5 atom stereocenters. The van der Waals surface area contributed by atoms with E-state index < -0.39 is 41.0 Å². The maximum absolute atomic E-state index is 13.5. The van der Waals surface area contributed by atoms with Gasteiger partial charge in [-0.25, -0.2) is 0 Å². The van der Waals surface area contributed by atoms with E-state index in [1.165, 1.54) is 18.2 Å². The van der Waals surface area contributed by atoms with E-state index in [1.54, 1.807) is 31.2 Å². The smallest absolute Gasteiger partial charge is 0.198 e. The predicted molar refractivity (Wildman–Crippen MR) is 109 cm³/mol. The molecular formula is C24H17NO6. The quantitative estimate of drug-likeness (QED) is 0.268. The minimum absolute atomic E-state index is 0.0244. The van der Waals surface area contributed by atoms with Crippen LogP contribution < -0.4 is 5.32 Å². The minimum Gasteiger partial charge on any atom is -0.507 e. The van der Waals surface area contributed by atoms with Crippen molar-refractivity contribution in [3.8, 4) is 17.6 Å². The number of rotatable bonds is 1. The molecule has 2 aliphatic heterocycles. The zero-order chi connectivity index (χ0) is 21.7. The molecule has 2 aliphatic carbocycles. The molecule has 154 valence electrons. The summed E-state index contributed by atoms with van der Waals surface area (Å²) in [6.07, 6.45) is 0.744. The lowest BCUT2D eigenvalue weighted by molar-refractivity contribution is 0.0866. The molecule has 0 aromatic heterocycles. The topological polar surface area (TPSA) is 119 Å². The molecule has 0 spiro atoms. The molecule has 0 radical (unpaired) electrons. The molecule has 2 unspecified atom stereocenters. The standard InChI is InChI=1S/C24H17NO6/c1-11(26)23-16-8-4-5-9-17(28)24(23,31-23)14-10-15(27)18-19(20(14)25-16)22(30)13-7-3-2-6-12(13)21(18)29/h2-3,5-7,9-11,16-17,25-28H,1H3/b9-5-/t11?,16-,17+,23+,24?/m0/s1. The number of aromatic hydroxyl groups is 1. The van der Waals surface area contributed by atoms with Gasteiger partial charge in [-0.05, 0) is 25.1 Å². The first-order valence-electron chi connectivity index (χ1n) is 9.94. The van der Waals surface area contributed by atoms with E-state index >= 15 is 0 Å². The van der Waals surface area contributed by atoms with Crippen molar-refractivity contribution in [3.05, 3.63) is 70.3 Å². The fraction of sp³-hybridized carbons (Fsp3) is 0.250. The van der Waals surface area contributed by atoms with E-state index in [0.717, 1.165) is 0 Å². The molecule has 7 heteroatoms. The summed E-state index contributed by atoms with van der Waals surface area (Å²) in [4.78, 5) is 26.6. The summed E-state index contributed by atoms with van der Waals surface area (Å²) in [5.74, 6) is 4.55. The number of allylic oxidation sites excluding steroid dienone is 1. The maximum Gasteiger partial charge on any atom is 0.198 e. The highest BCUT2D eigenvalue weighted by Crippen LogP contribution is 2.67. The van der Waals surface area contributed by atoms with Gasteiger partial charge < -0.3 is 25.4 Å². The molecule has 4 N–H and O–H groups in total. The Labute approximate surface area is 177 Å². The van der Waals surface area contributed by atoms with Gasteiger partial charge in [0, 0.05) is 16.7 Å². The van der Waals surface area contributed by atoms with E-state index in [2.05, 4.69) is 17.2 Å². The molecule has 2 aromatic carbocycles. The van der Waals surface area contributed by atoms with Crippen molar-refractivity contribution in [2.45, 2.75) is 36.4 Å². The first-order chi connectivity index (χ1) is 14.8. The Kier molecular flexibility index (Phi) is 3.33. The second-order valence-corrected chi connectivity index (χ2v) is 8.25. The van der Waals surface area contributed by atoms with Crippen LogP contribution in [-0.2, 0) is 10.3 Å². The van der Waals surface area contributed by atoms with Gasteiger partial charge in [0.2, 0.25) is 0 Å². The van der Waals surface area contributed by atoms with Gasteiger partial charge in [-0.15, -0.1) is 0 Å². The van der Waals surface area contributed by atoms with Gasteiger partial charge >= 0.3 is 0 Å². The summed E-state index contributed by atoms with van der Waals surface area (Å²) >= 11 is 0. The van der Waals surface area contributed by atoms with Gasteiger partial charge in [0.25, 0.3) is 0 Å². The number of phenols is 1. The monoisotopic (exact) mass is 415 g/mol. The second kappa shape index (κ2) is 5.62. The summed E-state index contributed by atoms with van der Waals surface area (Å²) < 4.78 is 6.09. The Morgan fingerprint density at radius 1 is 1.16 bits per heavy atom. The van der Waals surface area contributed by atoms with Gasteiger partial charge in [0.1, 0.15) is 17.9 Å². The molecule has 2 heterocycles. The number of epoxide rings is 1. The van der Waals surface area contributed by atoms with Crippen LogP contribution in [0.15, 0.2) is 42.5 Å². The molecule has 0 amide bonds. The van der Waals surface area contributed by atoms with E-state index in [0.29, 0.717) is 5.56 Å². The number of aliphatic hydroxyl groups is 2. The number of carbonyl (C=O) groups is 2. The number of ether oxygens (including phenoxy) is 1. The van der Waals surface area contributed by atoms with Crippen LogP contribution in [0.4, 0.5) is 5.69 Å². The molecule has 0 saturated carbocycles. The van der Waals surface area contributed by atoms with Gasteiger partial charge in [-0.1, -0.05) is 36.1 Å². The third-order valence-corrected chi connectivity index (χ3v) is 6.79. The molecule has 7 nitrogen and oxygen atoms in total. The first kappa shape index (κ1) is 18.3. The van der Waals surface area contributed by atoms with E-state index in [9.17, 15) is 24.9 Å². The highest BCUT2D eigenvalue weighted by Gasteiger charge is 2.82. The number of ketones is 2. The lowest BCUT2D eigenvalue weighted by Crippen LogP contribution is -2.55. The number of hydrogen-bond donors (Lipinski definition) is 4. The molecule has 2 aromatic rings. The zero-order valence-corrected chi connectivity index (χ0v) is 16.3. The van der Waals surface area contributed by atoms with Crippen LogP contribution in [0.3, 0.4) is 0 Å². The van der Waals surface area contributed by atoms with Crippen molar-refractivity contribution < 1.29 is 29.6 Å². The van der Waals surface area contributed by atoms with Crippen molar-refractivity contribution in [1.82, 2.24) is 0 Å². The average molecular weight is 415 g/mol. The van der Waals surface area contributed by atoms with Crippen LogP contribution in [0.2, 0.25) is 0 Å². The molecule has 1 saturated heterocycles. The highest BCUT2D eigenvalue weighted by atomic mass is 16.7. The second-order valence-electron chi connectivity index (χ2n) is 8.25. The van der Waals surface area contributed by atoms with E-state index in [1.807, 2.05) is 0 Å². The van der Waals surface area contributed by atoms with Crippen LogP contribution in [0.25, 0.3) is 0 Å². The maximum atomic E-state index is 13.5. The van der Waals surface area contributed by atoms with Crippen LogP contribution >= 0.6 is 0 Å². The summed E-state index contributed by atoms with van der Waals surface area (Å²) in [6, 6.07) is 7.03. The highest BCUT2D eigenvalue weighted by molar-refractivity contribution is 6.31. The summed E-state index contributed by atoms with van der Waals surface area (Å²) in [7, 11) is 0. The summed E-state index contributed by atoms with van der Waals surface area (Å²) in [5.41, 5.74) is -1.72. The van der Waals surface area contributed by atoms with Crippen LogP contribution in [0.1, 0.15) is 44.3 Å². The Balaban J connectivity index is 1.69. The zero-order valence-electron chi connectivity index (χ0n) is 16.3. The Bertz CT molecular complexity index is 1320. The number of phenolic OH excluding ortho intramolecular Hbond substituents is 1. The number of carbonyl (C=O) groups excluding carboxylic acids is 2. The van der Waals surface area contributed by atoms with Gasteiger partial charge in [-0.3, -0.25) is 9.59 Å². The predicted octanol–water partition coefficient (Wildman–Crippen LogP) is 1.24. The first-order valence-corrected chi connectivity index (χ1v) is 9.94. The molecule has 1 fully saturated rings. The number of fused-ring (bicyclic) bond motifs is 4. The van der Waals surface area contributed by atoms with Gasteiger partial charge in [-0.2, -0.15) is 0 Å². The third-order valence-electron chi connectivity index (χ3n) is 6.79. The Hall–Kier alpha value is -3.44. The summed E-state index contributed by atoms with van der Waals surface area (Å²) in [5, 5.41) is 35.6. The molecule has 4 aliphatic rings. The number of benzene rings is 2. The number of aliphatic hydroxyl groups excluding tert-OH is 2. The molecule has 31 heavy (non-hydrogen) atoms. The molecular weight excluding hydrogens is 398 g/mol. The van der Waals surface area contributed by atoms with Crippen LogP contribution in [0, 0.1) is 11.8 Å². The minimum atomic E-state index is -1.43. The summed E-state index contributed by atoms with van der Waals surface area (Å²) in [6.45, 7) is 1.55. The number of nitrogens with one attached hydrogen (secondary N) is 1. The average Bonchev–Trinajstić information content (AvgIpc) is 3.47. The number of hydrogen-bond acceptors (Lipinski definition) is 7. The van der Waals surface area contributed by atoms with E-state index in [-0.39, 0.29) is 33.7 Å². The Morgan fingerprint density at radius 3 is 2.52 bits per heavy atom. The fourth-order valence-corrected chi connectivity index (χ4v) is 5.39. The molecule has 2 bridgehead atoms. The SMILES string of the molecule is CC(O)[C@]12OC13c1cc(O)c4c(c1N[C@H]2C#C/C=C\[C@H]3O)C(=O)c1ccccc1C4=O.